The molecular formula is C33H34BrN5O5. The number of halogens is 1. The summed E-state index contributed by atoms with van der Waals surface area (Å²) in [5, 5.41) is 32.1. The first-order valence-electron chi connectivity index (χ1n) is 14.3. The van der Waals surface area contributed by atoms with Gasteiger partial charge in [-0.3, -0.25) is 14.3 Å². The number of ether oxygens (including phenoxy) is 1. The van der Waals surface area contributed by atoms with Gasteiger partial charge < -0.3 is 25.2 Å². The number of nitrogens with one attached hydrogen (secondary N) is 1. The molecule has 5 rings (SSSR count). The number of amides is 2. The first kappa shape index (κ1) is 31.1. The minimum absolute atomic E-state index is 0.0178. The van der Waals surface area contributed by atoms with Crippen LogP contribution in [0.2, 0.25) is 0 Å². The summed E-state index contributed by atoms with van der Waals surface area (Å²) < 4.78 is 7.63. The maximum absolute atomic E-state index is 14.0. The fraction of sp³-hybridized carbons (Fsp3) is 0.273. The Morgan fingerprint density at radius 1 is 1.16 bits per heavy atom. The fourth-order valence-electron chi connectivity index (χ4n) is 5.28. The lowest BCUT2D eigenvalue weighted by molar-refractivity contribution is -0.139. The van der Waals surface area contributed by atoms with E-state index in [0.717, 1.165) is 15.7 Å². The SMILES string of the molecule is COc1ccc(C(=O)Nc2cccc(CN3C(=O)[C@@](O)([C@@H](C)/C=C/CCn4cc(CCO)nn4)c4cc(Br)ccc43)c2)cc1. The zero-order chi connectivity index (χ0) is 31.3. The number of aryl methyl sites for hydroxylation is 1. The van der Waals surface area contributed by atoms with Crippen LogP contribution in [0.1, 0.15) is 40.5 Å². The van der Waals surface area contributed by atoms with Crippen molar-refractivity contribution in [3.05, 3.63) is 112 Å². The van der Waals surface area contributed by atoms with Gasteiger partial charge in [-0.05, 0) is 66.6 Å². The first-order valence-corrected chi connectivity index (χ1v) is 15.1. The lowest BCUT2D eigenvalue weighted by atomic mass is 9.83. The number of methoxy groups -OCH3 is 1. The second kappa shape index (κ2) is 13.5. The van der Waals surface area contributed by atoms with Gasteiger partial charge in [0.15, 0.2) is 5.60 Å². The second-order valence-electron chi connectivity index (χ2n) is 10.7. The summed E-state index contributed by atoms with van der Waals surface area (Å²) in [6.45, 7) is 2.63. The second-order valence-corrected chi connectivity index (χ2v) is 11.6. The van der Waals surface area contributed by atoms with Gasteiger partial charge in [-0.1, -0.05) is 52.4 Å². The van der Waals surface area contributed by atoms with E-state index in [1.807, 2.05) is 49.4 Å². The number of carbonyl (C=O) groups is 2. The molecule has 11 heteroatoms. The van der Waals surface area contributed by atoms with Crippen molar-refractivity contribution in [2.75, 3.05) is 23.9 Å². The van der Waals surface area contributed by atoms with Crippen LogP contribution in [0.4, 0.5) is 11.4 Å². The Bertz CT molecular complexity index is 1670. The number of nitrogens with zero attached hydrogens (tertiary/aromatic N) is 4. The number of fused-ring (bicyclic) bond motifs is 1. The number of aliphatic hydroxyl groups is 2. The number of aromatic nitrogens is 3. The maximum atomic E-state index is 14.0. The van der Waals surface area contributed by atoms with Crippen LogP contribution >= 0.6 is 15.9 Å². The topological polar surface area (TPSA) is 130 Å². The third-order valence-electron chi connectivity index (χ3n) is 7.67. The van der Waals surface area contributed by atoms with Gasteiger partial charge in [0.25, 0.3) is 11.8 Å². The van der Waals surface area contributed by atoms with Crippen LogP contribution in [0.5, 0.6) is 5.75 Å². The quantitative estimate of drug-likeness (QED) is 0.185. The largest absolute Gasteiger partial charge is 0.497 e. The predicted octanol–water partition coefficient (Wildman–Crippen LogP) is 4.85. The van der Waals surface area contributed by atoms with E-state index < -0.39 is 17.4 Å². The number of hydrogen-bond acceptors (Lipinski definition) is 7. The van der Waals surface area contributed by atoms with Gasteiger partial charge in [-0.15, -0.1) is 5.10 Å². The molecule has 0 aliphatic carbocycles. The molecule has 0 saturated carbocycles. The molecule has 4 aromatic rings. The molecule has 10 nitrogen and oxygen atoms in total. The highest BCUT2D eigenvalue weighted by atomic mass is 79.9. The van der Waals surface area contributed by atoms with Gasteiger partial charge in [0.2, 0.25) is 0 Å². The van der Waals surface area contributed by atoms with E-state index >= 15 is 0 Å². The normalized spacial score (nSPS) is 16.8. The van der Waals surface area contributed by atoms with Crippen LogP contribution in [0.15, 0.2) is 89.6 Å². The number of hydrogen-bond donors (Lipinski definition) is 3. The van der Waals surface area contributed by atoms with Crippen molar-refractivity contribution in [2.24, 2.45) is 5.92 Å². The Kier molecular flexibility index (Phi) is 9.58. The molecule has 0 saturated heterocycles. The van der Waals surface area contributed by atoms with Gasteiger partial charge in [-0.2, -0.15) is 0 Å². The Hall–Kier alpha value is -4.32. The van der Waals surface area contributed by atoms with Crippen molar-refractivity contribution < 1.29 is 24.5 Å². The monoisotopic (exact) mass is 659 g/mol. The molecule has 3 N–H and O–H groups in total. The van der Waals surface area contributed by atoms with Gasteiger partial charge in [0, 0.05) is 53.0 Å². The average Bonchev–Trinajstić information content (AvgIpc) is 3.56. The summed E-state index contributed by atoms with van der Waals surface area (Å²) in [6, 6.07) is 19.6. The maximum Gasteiger partial charge on any atom is 0.264 e. The van der Waals surface area contributed by atoms with Gasteiger partial charge in [0.05, 0.1) is 25.0 Å². The van der Waals surface area contributed by atoms with E-state index in [1.54, 1.807) is 59.3 Å². The molecule has 0 bridgehead atoms. The van der Waals surface area contributed by atoms with Crippen LogP contribution in [0.3, 0.4) is 0 Å². The molecule has 3 aromatic carbocycles. The van der Waals surface area contributed by atoms with E-state index in [4.69, 9.17) is 9.84 Å². The standard InChI is InChI=1S/C33H34BrN5O5/c1-22(6-3-4-16-38-21-27(15-17-40)36-37-38)33(43)29-19-25(34)11-14-30(29)39(32(33)42)20-23-7-5-8-26(18-23)35-31(41)24-9-12-28(44-2)13-10-24/h3,5-14,18-19,21-22,40,43H,4,15-17,20H2,1-2H3,(H,35,41)/b6-3+/t22-,33+/m0/s1. The Morgan fingerprint density at radius 3 is 2.70 bits per heavy atom. The Morgan fingerprint density at radius 2 is 1.95 bits per heavy atom. The first-order chi connectivity index (χ1) is 21.2. The predicted molar refractivity (Wildman–Crippen MR) is 170 cm³/mol. The zero-order valence-electron chi connectivity index (χ0n) is 24.5. The molecule has 228 valence electrons. The molecule has 2 amide bonds. The highest BCUT2D eigenvalue weighted by Gasteiger charge is 2.52. The molecule has 1 aliphatic heterocycles. The molecule has 0 unspecified atom stereocenters. The molecular weight excluding hydrogens is 626 g/mol. The highest BCUT2D eigenvalue weighted by molar-refractivity contribution is 9.10. The molecule has 44 heavy (non-hydrogen) atoms. The summed E-state index contributed by atoms with van der Waals surface area (Å²) in [6.07, 6.45) is 6.66. The van der Waals surface area contributed by atoms with Crippen molar-refractivity contribution in [1.82, 2.24) is 15.0 Å². The highest BCUT2D eigenvalue weighted by Crippen LogP contribution is 2.46. The van der Waals surface area contributed by atoms with Gasteiger partial charge in [0.1, 0.15) is 5.75 Å². The molecule has 1 aliphatic rings. The van der Waals surface area contributed by atoms with Gasteiger partial charge >= 0.3 is 0 Å². The molecule has 2 atom stereocenters. The lowest BCUT2D eigenvalue weighted by Gasteiger charge is -2.28. The fourth-order valence-corrected chi connectivity index (χ4v) is 5.64. The van der Waals surface area contributed by atoms with E-state index in [1.165, 1.54) is 0 Å². The van der Waals surface area contributed by atoms with E-state index in [0.29, 0.717) is 47.6 Å². The van der Waals surface area contributed by atoms with E-state index in [2.05, 4.69) is 31.6 Å². The summed E-state index contributed by atoms with van der Waals surface area (Å²) in [5.41, 5.74) is 2.00. The Labute approximate surface area is 264 Å². The van der Waals surface area contributed by atoms with Crippen LogP contribution in [-0.4, -0.2) is 50.7 Å². The summed E-state index contributed by atoms with van der Waals surface area (Å²) >= 11 is 3.50. The third-order valence-corrected chi connectivity index (χ3v) is 8.16. The number of rotatable bonds is 12. The number of allylic oxidation sites excluding steroid dienone is 1. The minimum atomic E-state index is -1.77. The summed E-state index contributed by atoms with van der Waals surface area (Å²) in [7, 11) is 1.57. The van der Waals surface area contributed by atoms with E-state index in [9.17, 15) is 14.7 Å². The number of carbonyl (C=O) groups excluding carboxylic acids is 2. The van der Waals surface area contributed by atoms with E-state index in [-0.39, 0.29) is 19.1 Å². The minimum Gasteiger partial charge on any atom is -0.497 e. The number of benzene rings is 3. The zero-order valence-corrected chi connectivity index (χ0v) is 26.1. The molecule has 1 aromatic heterocycles. The van der Waals surface area contributed by atoms with Crippen molar-refractivity contribution in [3.63, 3.8) is 0 Å². The average molecular weight is 661 g/mol. The summed E-state index contributed by atoms with van der Waals surface area (Å²) in [5.74, 6) is -0.540. The lowest BCUT2D eigenvalue weighted by Crippen LogP contribution is -2.44. The summed E-state index contributed by atoms with van der Waals surface area (Å²) in [4.78, 5) is 28.4. The van der Waals surface area contributed by atoms with Crippen molar-refractivity contribution in [2.45, 2.75) is 38.5 Å². The van der Waals surface area contributed by atoms with Gasteiger partial charge in [-0.25, -0.2) is 0 Å². The number of aliphatic hydroxyl groups excluding tert-OH is 1. The van der Waals surface area contributed by atoms with Crippen LogP contribution in [-0.2, 0) is 29.9 Å². The smallest absolute Gasteiger partial charge is 0.264 e. The Balaban J connectivity index is 1.30. The third kappa shape index (κ3) is 6.59. The van der Waals surface area contributed by atoms with Crippen LogP contribution in [0.25, 0.3) is 0 Å². The molecule has 0 fully saturated rings. The van der Waals surface area contributed by atoms with Crippen molar-refractivity contribution in [3.8, 4) is 5.75 Å². The number of anilines is 2. The van der Waals surface area contributed by atoms with Crippen molar-refractivity contribution >= 4 is 39.1 Å². The molecule has 0 spiro atoms. The van der Waals surface area contributed by atoms with Crippen LogP contribution < -0.4 is 15.0 Å². The molecule has 2 heterocycles. The molecule has 0 radical (unpaired) electrons. The van der Waals surface area contributed by atoms with Crippen molar-refractivity contribution in [1.29, 1.82) is 0 Å². The van der Waals surface area contributed by atoms with Crippen LogP contribution in [0, 0.1) is 5.92 Å².